The van der Waals surface area contributed by atoms with Crippen LogP contribution in [0.5, 0.6) is 0 Å². The number of amides is 1. The average molecular weight is 367 g/mol. The summed E-state index contributed by atoms with van der Waals surface area (Å²) in [7, 11) is 3.69. The Kier molecular flexibility index (Phi) is 6.11. The number of carbonyl (C=O) groups is 1. The number of hydrogen-bond donors (Lipinski definition) is 0. The summed E-state index contributed by atoms with van der Waals surface area (Å²) in [6.45, 7) is 5.45. The van der Waals surface area contributed by atoms with E-state index >= 15 is 0 Å². The molecule has 1 amide bonds. The summed E-state index contributed by atoms with van der Waals surface area (Å²) < 4.78 is 7.55. The van der Waals surface area contributed by atoms with Crippen LogP contribution in [-0.2, 0) is 23.0 Å². The largest absolute Gasteiger partial charge is 0.381 e. The van der Waals surface area contributed by atoms with Gasteiger partial charge in [-0.1, -0.05) is 30.3 Å². The molecule has 1 saturated heterocycles. The maximum absolute atomic E-state index is 12.8. The van der Waals surface area contributed by atoms with Crippen LogP contribution in [-0.4, -0.2) is 46.9 Å². The van der Waals surface area contributed by atoms with Gasteiger partial charge in [0.1, 0.15) is 0 Å². The summed E-state index contributed by atoms with van der Waals surface area (Å²) in [5, 5.41) is 4.40. The molecule has 0 saturated carbocycles. The molecule has 0 radical (unpaired) electrons. The minimum atomic E-state index is 0.0604. The van der Waals surface area contributed by atoms with Crippen molar-refractivity contribution in [2.24, 2.45) is 13.0 Å². The molecule has 0 N–H and O–H groups in total. The Balaban J connectivity index is 1.69. The van der Waals surface area contributed by atoms with Crippen molar-refractivity contribution in [2.45, 2.75) is 32.8 Å². The van der Waals surface area contributed by atoms with Gasteiger partial charge in [0, 0.05) is 50.5 Å². The molecule has 2 heterocycles. The summed E-state index contributed by atoms with van der Waals surface area (Å²) in [4.78, 5) is 14.7. The first-order valence-electron chi connectivity index (χ1n) is 9.53. The minimum absolute atomic E-state index is 0.0604. The second-order valence-electron chi connectivity index (χ2n) is 7.34. The van der Waals surface area contributed by atoms with Crippen molar-refractivity contribution in [2.75, 3.05) is 20.2 Å². The van der Waals surface area contributed by atoms with Crippen molar-refractivity contribution in [3.8, 4) is 0 Å². The molecule has 5 heteroatoms. The monoisotopic (exact) mass is 367 g/mol. The SMILES string of the molecule is CO[C@@H]1CCN(C(=O)/C=C/c2c(C)nn(C)c2C)C[C@H]1Cc1ccccc1. The molecule has 0 spiro atoms. The summed E-state index contributed by atoms with van der Waals surface area (Å²) in [6, 6.07) is 10.4. The molecular weight excluding hydrogens is 338 g/mol. The topological polar surface area (TPSA) is 47.4 Å². The van der Waals surface area contributed by atoms with Crippen LogP contribution in [0.25, 0.3) is 6.08 Å². The van der Waals surface area contributed by atoms with Crippen molar-refractivity contribution in [1.29, 1.82) is 0 Å². The summed E-state index contributed by atoms with van der Waals surface area (Å²) in [5.41, 5.74) is 4.32. The van der Waals surface area contributed by atoms with Crippen molar-refractivity contribution in [3.05, 3.63) is 58.9 Å². The number of piperidine rings is 1. The van der Waals surface area contributed by atoms with Crippen LogP contribution in [0, 0.1) is 19.8 Å². The molecule has 1 aliphatic rings. The number of hydrogen-bond acceptors (Lipinski definition) is 3. The number of ether oxygens (including phenoxy) is 1. The van der Waals surface area contributed by atoms with Crippen molar-refractivity contribution in [1.82, 2.24) is 14.7 Å². The molecule has 27 heavy (non-hydrogen) atoms. The van der Waals surface area contributed by atoms with Gasteiger partial charge < -0.3 is 9.64 Å². The van der Waals surface area contributed by atoms with E-state index in [1.807, 2.05) is 42.6 Å². The van der Waals surface area contributed by atoms with Crippen molar-refractivity contribution < 1.29 is 9.53 Å². The zero-order valence-corrected chi connectivity index (χ0v) is 16.7. The fraction of sp³-hybridized carbons (Fsp3) is 0.455. The van der Waals surface area contributed by atoms with Gasteiger partial charge in [0.25, 0.3) is 0 Å². The standard InChI is InChI=1S/C22H29N3O2/c1-16-20(17(2)24(3)23-16)10-11-22(26)25-13-12-21(27-4)19(15-25)14-18-8-6-5-7-9-18/h5-11,19,21H,12-15H2,1-4H3/b11-10+/t19-,21-/m1/s1. The Bertz CT molecular complexity index is 810. The Morgan fingerprint density at radius 1 is 1.30 bits per heavy atom. The number of likely N-dealkylation sites (tertiary alicyclic amines) is 1. The quantitative estimate of drug-likeness (QED) is 0.763. The smallest absolute Gasteiger partial charge is 0.246 e. The highest BCUT2D eigenvalue weighted by Crippen LogP contribution is 2.24. The van der Waals surface area contributed by atoms with E-state index in [1.165, 1.54) is 5.56 Å². The predicted octanol–water partition coefficient (Wildman–Crippen LogP) is 3.16. The fourth-order valence-electron chi connectivity index (χ4n) is 3.93. The Morgan fingerprint density at radius 3 is 2.67 bits per heavy atom. The molecule has 1 aliphatic heterocycles. The molecule has 0 bridgehead atoms. The Morgan fingerprint density at radius 2 is 2.04 bits per heavy atom. The fourth-order valence-corrected chi connectivity index (χ4v) is 3.93. The number of aromatic nitrogens is 2. The zero-order valence-electron chi connectivity index (χ0n) is 16.7. The molecule has 5 nitrogen and oxygen atoms in total. The van der Waals surface area contributed by atoms with Gasteiger partial charge in [-0.2, -0.15) is 5.10 Å². The van der Waals surface area contributed by atoms with Gasteiger partial charge in [-0.05, 0) is 38.3 Å². The van der Waals surface area contributed by atoms with Crippen LogP contribution in [0.1, 0.15) is 28.9 Å². The zero-order chi connectivity index (χ0) is 19.4. The minimum Gasteiger partial charge on any atom is -0.381 e. The molecule has 0 unspecified atom stereocenters. The Labute approximate surface area is 161 Å². The van der Waals surface area contributed by atoms with Gasteiger partial charge >= 0.3 is 0 Å². The maximum Gasteiger partial charge on any atom is 0.246 e. The number of benzene rings is 1. The lowest BCUT2D eigenvalue weighted by Gasteiger charge is -2.37. The van der Waals surface area contributed by atoms with E-state index in [9.17, 15) is 4.79 Å². The molecule has 144 valence electrons. The van der Waals surface area contributed by atoms with Gasteiger partial charge in [-0.3, -0.25) is 9.48 Å². The second kappa shape index (κ2) is 8.53. The van der Waals surface area contributed by atoms with E-state index < -0.39 is 0 Å². The van der Waals surface area contributed by atoms with Crippen LogP contribution >= 0.6 is 0 Å². The molecular formula is C22H29N3O2. The van der Waals surface area contributed by atoms with E-state index in [1.54, 1.807) is 13.2 Å². The van der Waals surface area contributed by atoms with Crippen LogP contribution < -0.4 is 0 Å². The third-order valence-electron chi connectivity index (χ3n) is 5.58. The van der Waals surface area contributed by atoms with Crippen LogP contribution in [0.3, 0.4) is 0 Å². The molecule has 1 aromatic heterocycles. The van der Waals surface area contributed by atoms with E-state index in [0.717, 1.165) is 42.9 Å². The highest BCUT2D eigenvalue weighted by Gasteiger charge is 2.31. The van der Waals surface area contributed by atoms with Gasteiger partial charge in [0.05, 0.1) is 11.8 Å². The molecule has 1 fully saturated rings. The lowest BCUT2D eigenvalue weighted by Crippen LogP contribution is -2.46. The van der Waals surface area contributed by atoms with E-state index in [4.69, 9.17) is 4.74 Å². The number of nitrogens with zero attached hydrogens (tertiary/aromatic N) is 3. The van der Waals surface area contributed by atoms with Gasteiger partial charge in [0.15, 0.2) is 0 Å². The second-order valence-corrected chi connectivity index (χ2v) is 7.34. The molecule has 1 aromatic carbocycles. The average Bonchev–Trinajstić information content (AvgIpc) is 2.92. The molecule has 2 atom stereocenters. The lowest BCUT2D eigenvalue weighted by atomic mass is 9.88. The molecule has 0 aliphatic carbocycles. The van der Waals surface area contributed by atoms with E-state index in [0.29, 0.717) is 5.92 Å². The third-order valence-corrected chi connectivity index (χ3v) is 5.58. The molecule has 3 rings (SSSR count). The van der Waals surface area contributed by atoms with Crippen molar-refractivity contribution in [3.63, 3.8) is 0 Å². The summed E-state index contributed by atoms with van der Waals surface area (Å²) in [6.07, 6.45) is 5.57. The van der Waals surface area contributed by atoms with Crippen LogP contribution in [0.2, 0.25) is 0 Å². The van der Waals surface area contributed by atoms with Crippen molar-refractivity contribution >= 4 is 12.0 Å². The molecule has 2 aromatic rings. The van der Waals surface area contributed by atoms with Crippen LogP contribution in [0.4, 0.5) is 0 Å². The third kappa shape index (κ3) is 4.48. The number of rotatable bonds is 5. The number of methoxy groups -OCH3 is 1. The Hall–Kier alpha value is -2.40. The summed E-state index contributed by atoms with van der Waals surface area (Å²) >= 11 is 0. The first kappa shape index (κ1) is 19.4. The van der Waals surface area contributed by atoms with E-state index in [2.05, 4.69) is 29.4 Å². The van der Waals surface area contributed by atoms with Gasteiger partial charge in [-0.15, -0.1) is 0 Å². The number of carbonyl (C=O) groups excluding carboxylic acids is 1. The predicted molar refractivity (Wildman–Crippen MR) is 107 cm³/mol. The first-order valence-corrected chi connectivity index (χ1v) is 9.53. The normalized spacial score (nSPS) is 20.4. The van der Waals surface area contributed by atoms with E-state index in [-0.39, 0.29) is 12.0 Å². The van der Waals surface area contributed by atoms with Crippen LogP contribution in [0.15, 0.2) is 36.4 Å². The lowest BCUT2D eigenvalue weighted by molar-refractivity contribution is -0.130. The summed E-state index contributed by atoms with van der Waals surface area (Å²) in [5.74, 6) is 0.371. The highest BCUT2D eigenvalue weighted by atomic mass is 16.5. The van der Waals surface area contributed by atoms with Gasteiger partial charge in [-0.25, -0.2) is 0 Å². The maximum atomic E-state index is 12.8. The first-order chi connectivity index (χ1) is 13.0. The highest BCUT2D eigenvalue weighted by molar-refractivity contribution is 5.92. The number of aryl methyl sites for hydroxylation is 2. The van der Waals surface area contributed by atoms with Gasteiger partial charge in [0.2, 0.25) is 5.91 Å².